The molecule has 0 saturated heterocycles. The minimum Gasteiger partial charge on any atom is -0.480 e. The second kappa shape index (κ2) is 14.3. The first-order chi connectivity index (χ1) is 18.3. The maximum atomic E-state index is 13.5. The second-order valence-corrected chi connectivity index (χ2v) is 10.3. The monoisotopic (exact) mass is 544 g/mol. The molecule has 12 nitrogen and oxygen atoms in total. The summed E-state index contributed by atoms with van der Waals surface area (Å²) in [5.74, 6) is -4.47. The first-order valence-corrected chi connectivity index (χ1v) is 13.1. The van der Waals surface area contributed by atoms with E-state index in [1.54, 1.807) is 20.0 Å². The van der Waals surface area contributed by atoms with Gasteiger partial charge in [0.25, 0.3) is 0 Å². The van der Waals surface area contributed by atoms with Gasteiger partial charge >= 0.3 is 5.97 Å². The molecule has 39 heavy (non-hydrogen) atoms. The molecular formula is C27H40N6O6. The lowest BCUT2D eigenvalue weighted by atomic mass is 9.98. The number of amides is 4. The van der Waals surface area contributed by atoms with Crippen LogP contribution >= 0.6 is 0 Å². The summed E-state index contributed by atoms with van der Waals surface area (Å²) in [6.07, 6.45) is 2.01. The lowest BCUT2D eigenvalue weighted by Gasteiger charge is -2.26. The van der Waals surface area contributed by atoms with E-state index in [1.165, 1.54) is 0 Å². The number of aromatic nitrogens is 1. The first-order valence-electron chi connectivity index (χ1n) is 13.1. The number of hydrogen-bond donors (Lipinski definition) is 7. The number of para-hydroxylation sites is 1. The van der Waals surface area contributed by atoms with Crippen LogP contribution in [0.2, 0.25) is 0 Å². The van der Waals surface area contributed by atoms with Crippen molar-refractivity contribution >= 4 is 40.5 Å². The number of aliphatic carboxylic acids is 1. The molecule has 0 fully saturated rings. The van der Waals surface area contributed by atoms with E-state index >= 15 is 0 Å². The Morgan fingerprint density at radius 2 is 1.51 bits per heavy atom. The number of aromatic amines is 1. The SMILES string of the molecule is CCC(C)C(N)C(=O)NC(Cc1c[nH]c2ccccc12)C(=O)NC(CC(N)=O)C(=O)NC(CC(C)C)C(=O)O. The van der Waals surface area contributed by atoms with Crippen LogP contribution in [-0.2, 0) is 30.4 Å². The van der Waals surface area contributed by atoms with E-state index in [4.69, 9.17) is 11.5 Å². The van der Waals surface area contributed by atoms with Crippen molar-refractivity contribution in [1.82, 2.24) is 20.9 Å². The molecule has 214 valence electrons. The highest BCUT2D eigenvalue weighted by molar-refractivity contribution is 5.96. The number of nitrogens with one attached hydrogen (secondary N) is 4. The van der Waals surface area contributed by atoms with E-state index in [1.807, 2.05) is 38.1 Å². The van der Waals surface area contributed by atoms with Crippen molar-refractivity contribution in [2.45, 2.75) is 77.5 Å². The summed E-state index contributed by atoms with van der Waals surface area (Å²) >= 11 is 0. The molecule has 0 spiro atoms. The topological polar surface area (TPSA) is 209 Å². The van der Waals surface area contributed by atoms with Crippen molar-refractivity contribution in [3.8, 4) is 0 Å². The number of carbonyl (C=O) groups excluding carboxylic acids is 4. The highest BCUT2D eigenvalue weighted by Gasteiger charge is 2.32. The molecule has 0 radical (unpaired) electrons. The zero-order valence-corrected chi connectivity index (χ0v) is 22.8. The lowest BCUT2D eigenvalue weighted by molar-refractivity contribution is -0.143. The van der Waals surface area contributed by atoms with Crippen LogP contribution in [0.1, 0.15) is 52.5 Å². The van der Waals surface area contributed by atoms with Gasteiger partial charge in [-0.25, -0.2) is 4.79 Å². The highest BCUT2D eigenvalue weighted by Crippen LogP contribution is 2.19. The number of primary amides is 1. The Labute approximate surface area is 227 Å². The Hall–Kier alpha value is -3.93. The minimum atomic E-state index is -1.45. The molecule has 0 bridgehead atoms. The molecule has 2 aromatic rings. The fourth-order valence-corrected chi connectivity index (χ4v) is 4.16. The third-order valence-corrected chi connectivity index (χ3v) is 6.65. The molecule has 0 saturated carbocycles. The van der Waals surface area contributed by atoms with Gasteiger partial charge < -0.3 is 37.5 Å². The Balaban J connectivity index is 2.32. The van der Waals surface area contributed by atoms with Gasteiger partial charge in [-0.3, -0.25) is 19.2 Å². The van der Waals surface area contributed by atoms with Crippen LogP contribution in [0.15, 0.2) is 30.5 Å². The van der Waals surface area contributed by atoms with Crippen molar-refractivity contribution in [3.63, 3.8) is 0 Å². The summed E-state index contributed by atoms with van der Waals surface area (Å²) in [5, 5.41) is 17.9. The third-order valence-electron chi connectivity index (χ3n) is 6.65. The van der Waals surface area contributed by atoms with Crippen LogP contribution in [0.25, 0.3) is 10.9 Å². The summed E-state index contributed by atoms with van der Waals surface area (Å²) in [7, 11) is 0. The summed E-state index contributed by atoms with van der Waals surface area (Å²) < 4.78 is 0. The van der Waals surface area contributed by atoms with Crippen LogP contribution in [0.5, 0.6) is 0 Å². The van der Waals surface area contributed by atoms with Crippen molar-refractivity contribution in [2.24, 2.45) is 23.3 Å². The van der Waals surface area contributed by atoms with Gasteiger partial charge in [0.15, 0.2) is 0 Å². The smallest absolute Gasteiger partial charge is 0.326 e. The van der Waals surface area contributed by atoms with E-state index < -0.39 is 60.2 Å². The van der Waals surface area contributed by atoms with Crippen LogP contribution in [0.4, 0.5) is 0 Å². The van der Waals surface area contributed by atoms with Gasteiger partial charge in [0.2, 0.25) is 23.6 Å². The predicted octanol–water partition coefficient (Wildman–Crippen LogP) is 0.544. The minimum absolute atomic E-state index is 0.0407. The molecule has 0 aliphatic heterocycles. The Kier molecular flexibility index (Phi) is 11.5. The fraction of sp³-hybridized carbons (Fsp3) is 0.519. The molecule has 2 rings (SSSR count). The van der Waals surface area contributed by atoms with Crippen LogP contribution < -0.4 is 27.4 Å². The van der Waals surface area contributed by atoms with Crippen LogP contribution in [0, 0.1) is 11.8 Å². The normalized spacial score (nSPS) is 15.1. The Morgan fingerprint density at radius 3 is 2.10 bits per heavy atom. The van der Waals surface area contributed by atoms with Crippen molar-refractivity contribution in [2.75, 3.05) is 0 Å². The van der Waals surface area contributed by atoms with Crippen molar-refractivity contribution in [1.29, 1.82) is 0 Å². The molecule has 1 aromatic carbocycles. The number of carbonyl (C=O) groups is 5. The Morgan fingerprint density at radius 1 is 0.923 bits per heavy atom. The maximum absolute atomic E-state index is 13.5. The largest absolute Gasteiger partial charge is 0.480 e. The molecule has 12 heteroatoms. The number of carboxylic acids is 1. The number of hydrogen-bond acceptors (Lipinski definition) is 6. The van der Waals surface area contributed by atoms with E-state index in [0.29, 0.717) is 6.42 Å². The lowest BCUT2D eigenvalue weighted by Crippen LogP contribution is -2.58. The fourth-order valence-electron chi connectivity index (χ4n) is 4.16. The molecule has 1 heterocycles. The van der Waals surface area contributed by atoms with Gasteiger partial charge in [0.05, 0.1) is 12.5 Å². The van der Waals surface area contributed by atoms with Crippen LogP contribution in [0.3, 0.4) is 0 Å². The zero-order valence-electron chi connectivity index (χ0n) is 22.8. The first kappa shape index (κ1) is 31.3. The molecule has 5 unspecified atom stereocenters. The highest BCUT2D eigenvalue weighted by atomic mass is 16.4. The third kappa shape index (κ3) is 9.10. The van der Waals surface area contributed by atoms with Crippen LogP contribution in [-0.4, -0.2) is 63.9 Å². The molecule has 1 aromatic heterocycles. The van der Waals surface area contributed by atoms with E-state index in [-0.39, 0.29) is 24.7 Å². The van der Waals surface area contributed by atoms with E-state index in [0.717, 1.165) is 16.5 Å². The summed E-state index contributed by atoms with van der Waals surface area (Å²) in [6.45, 7) is 7.31. The van der Waals surface area contributed by atoms with Crippen molar-refractivity contribution < 1.29 is 29.1 Å². The molecule has 4 amide bonds. The molecule has 0 aliphatic rings. The quantitative estimate of drug-likeness (QED) is 0.169. The maximum Gasteiger partial charge on any atom is 0.326 e. The van der Waals surface area contributed by atoms with Gasteiger partial charge in [-0.2, -0.15) is 0 Å². The van der Waals surface area contributed by atoms with Gasteiger partial charge in [0, 0.05) is 23.5 Å². The molecule has 0 aliphatic carbocycles. The predicted molar refractivity (Wildman–Crippen MR) is 146 cm³/mol. The number of fused-ring (bicyclic) bond motifs is 1. The van der Waals surface area contributed by atoms with E-state index in [2.05, 4.69) is 20.9 Å². The number of nitrogens with two attached hydrogens (primary N) is 2. The van der Waals surface area contributed by atoms with Gasteiger partial charge in [-0.1, -0.05) is 52.3 Å². The molecule has 5 atom stereocenters. The number of rotatable bonds is 15. The van der Waals surface area contributed by atoms with Crippen molar-refractivity contribution in [3.05, 3.63) is 36.0 Å². The summed E-state index contributed by atoms with van der Waals surface area (Å²) in [5.41, 5.74) is 13.0. The number of benzene rings is 1. The van der Waals surface area contributed by atoms with Gasteiger partial charge in [-0.05, 0) is 29.9 Å². The molecule has 9 N–H and O–H groups in total. The van der Waals surface area contributed by atoms with E-state index in [9.17, 15) is 29.1 Å². The molecular weight excluding hydrogens is 504 g/mol. The van der Waals surface area contributed by atoms with Gasteiger partial charge in [0.1, 0.15) is 18.1 Å². The van der Waals surface area contributed by atoms with Gasteiger partial charge in [-0.15, -0.1) is 0 Å². The zero-order chi connectivity index (χ0) is 29.3. The average molecular weight is 545 g/mol. The average Bonchev–Trinajstić information content (AvgIpc) is 3.28. The summed E-state index contributed by atoms with van der Waals surface area (Å²) in [6, 6.07) is 2.74. The summed E-state index contributed by atoms with van der Waals surface area (Å²) in [4.78, 5) is 65.9. The Bertz CT molecular complexity index is 1180. The number of carboxylic acid groups (broad SMARTS) is 1. The second-order valence-electron chi connectivity index (χ2n) is 10.3. The standard InChI is InChI=1S/C27H40N6O6/c1-5-15(4)23(29)26(37)32-19(11-16-13-30-18-9-7-6-8-17(16)18)24(35)31-20(12-22(28)34)25(36)33-21(27(38)39)10-14(2)3/h6-9,13-15,19-21,23,30H,5,10-12,29H2,1-4H3,(H2,28,34)(H,31,35)(H,32,37)(H,33,36)(H,38,39). The number of H-pyrrole nitrogens is 1.